The minimum Gasteiger partial charge on any atom is -0.355 e. The number of hydrogen-bond donors (Lipinski definition) is 3. The molecule has 0 radical (unpaired) electrons. The molecule has 5 aromatic carbocycles. The van der Waals surface area contributed by atoms with E-state index in [1.165, 1.54) is 39.0 Å². The maximum absolute atomic E-state index is 6.83. The van der Waals surface area contributed by atoms with E-state index in [-0.39, 0.29) is 6.04 Å². The zero-order valence-electron chi connectivity index (χ0n) is 24.0. The van der Waals surface area contributed by atoms with Crippen LogP contribution < -0.4 is 16.4 Å². The van der Waals surface area contributed by atoms with Gasteiger partial charge in [-0.2, -0.15) is 0 Å². The van der Waals surface area contributed by atoms with Gasteiger partial charge in [0.15, 0.2) is 0 Å². The summed E-state index contributed by atoms with van der Waals surface area (Å²) in [6.45, 7) is 2.85. The highest BCUT2D eigenvalue weighted by Crippen LogP contribution is 2.35. The van der Waals surface area contributed by atoms with Crippen molar-refractivity contribution in [2.24, 2.45) is 5.73 Å². The molecule has 3 heteroatoms. The van der Waals surface area contributed by atoms with E-state index in [4.69, 9.17) is 5.73 Å². The summed E-state index contributed by atoms with van der Waals surface area (Å²) in [6.07, 6.45) is 7.29. The van der Waals surface area contributed by atoms with Gasteiger partial charge in [0.1, 0.15) is 0 Å². The Morgan fingerprint density at radius 2 is 1.31 bits per heavy atom. The topological polar surface area (TPSA) is 50.1 Å². The molecule has 2 atom stereocenters. The van der Waals surface area contributed by atoms with Crippen LogP contribution in [0.5, 0.6) is 0 Å². The van der Waals surface area contributed by atoms with Crippen molar-refractivity contribution in [3.63, 3.8) is 0 Å². The average Bonchev–Trinajstić information content (AvgIpc) is 3.04. The van der Waals surface area contributed by atoms with E-state index >= 15 is 0 Å². The number of benzene rings is 5. The van der Waals surface area contributed by atoms with Crippen molar-refractivity contribution in [1.29, 1.82) is 0 Å². The van der Waals surface area contributed by atoms with Gasteiger partial charge < -0.3 is 16.4 Å². The fourth-order valence-electron chi connectivity index (χ4n) is 5.67. The van der Waals surface area contributed by atoms with Gasteiger partial charge in [-0.25, -0.2) is 0 Å². The van der Waals surface area contributed by atoms with Gasteiger partial charge in [0, 0.05) is 29.0 Å². The lowest BCUT2D eigenvalue weighted by atomic mass is 9.79. The second kappa shape index (κ2) is 12.4. The molecule has 0 amide bonds. The lowest BCUT2D eigenvalue weighted by molar-refractivity contribution is 0.465. The summed E-state index contributed by atoms with van der Waals surface area (Å²) in [4.78, 5) is 0. The van der Waals surface area contributed by atoms with Gasteiger partial charge in [0.25, 0.3) is 0 Å². The Hall–Kier alpha value is -4.70. The largest absolute Gasteiger partial charge is 0.355 e. The number of rotatable bonds is 9. The van der Waals surface area contributed by atoms with Crippen LogP contribution in [0.4, 0.5) is 11.4 Å². The van der Waals surface area contributed by atoms with Gasteiger partial charge in [-0.15, -0.1) is 0 Å². The second-order valence-corrected chi connectivity index (χ2v) is 11.2. The Morgan fingerprint density at radius 1 is 0.690 bits per heavy atom. The predicted octanol–water partition coefficient (Wildman–Crippen LogP) is 9.20. The second-order valence-electron chi connectivity index (χ2n) is 11.2. The van der Waals surface area contributed by atoms with Gasteiger partial charge in [-0.05, 0) is 64.9 Å². The SMILES string of the molecule is CC1(N)CC=CC=C1C(NCc1ccc(Nc2ccccc2-c2ccccc2)cc1)c1ccc(-c2ccccc2)cc1. The molecule has 0 aliphatic heterocycles. The van der Waals surface area contributed by atoms with Crippen molar-refractivity contribution in [1.82, 2.24) is 5.32 Å². The molecule has 3 nitrogen and oxygen atoms in total. The third-order valence-electron chi connectivity index (χ3n) is 8.03. The molecule has 208 valence electrons. The van der Waals surface area contributed by atoms with Crippen molar-refractivity contribution < 1.29 is 0 Å². The summed E-state index contributed by atoms with van der Waals surface area (Å²) < 4.78 is 0. The zero-order chi connectivity index (χ0) is 28.8. The molecule has 0 heterocycles. The van der Waals surface area contributed by atoms with Gasteiger partial charge in [0.2, 0.25) is 0 Å². The van der Waals surface area contributed by atoms with Crippen LogP contribution in [0.3, 0.4) is 0 Å². The molecule has 4 N–H and O–H groups in total. The van der Waals surface area contributed by atoms with E-state index in [0.29, 0.717) is 0 Å². The van der Waals surface area contributed by atoms with E-state index in [2.05, 4.69) is 163 Å². The highest BCUT2D eigenvalue weighted by Gasteiger charge is 2.31. The molecule has 6 rings (SSSR count). The smallest absolute Gasteiger partial charge is 0.0559 e. The highest BCUT2D eigenvalue weighted by molar-refractivity contribution is 5.81. The Labute approximate surface area is 249 Å². The molecule has 2 unspecified atom stereocenters. The molecule has 5 aromatic rings. The molecular formula is C39H37N3. The first kappa shape index (κ1) is 27.5. The molecule has 0 bridgehead atoms. The quantitative estimate of drug-likeness (QED) is 0.172. The number of nitrogens with two attached hydrogens (primary N) is 1. The number of anilines is 2. The van der Waals surface area contributed by atoms with E-state index in [1.807, 2.05) is 6.07 Å². The minimum atomic E-state index is -0.412. The van der Waals surface area contributed by atoms with E-state index in [1.54, 1.807) is 0 Å². The number of hydrogen-bond acceptors (Lipinski definition) is 3. The summed E-state index contributed by atoms with van der Waals surface area (Å²) in [5.74, 6) is 0. The van der Waals surface area contributed by atoms with Crippen molar-refractivity contribution in [2.75, 3.05) is 5.32 Å². The first-order chi connectivity index (χ1) is 20.6. The van der Waals surface area contributed by atoms with Crippen molar-refractivity contribution in [2.45, 2.75) is 31.5 Å². The Morgan fingerprint density at radius 3 is 2.00 bits per heavy atom. The Bertz CT molecular complexity index is 1670. The van der Waals surface area contributed by atoms with Gasteiger partial charge >= 0.3 is 0 Å². The lowest BCUT2D eigenvalue weighted by Gasteiger charge is -2.35. The van der Waals surface area contributed by atoms with E-state index < -0.39 is 5.54 Å². The summed E-state index contributed by atoms with van der Waals surface area (Å²) in [5.41, 5.74) is 17.0. The van der Waals surface area contributed by atoms with Crippen LogP contribution in [0, 0.1) is 0 Å². The van der Waals surface area contributed by atoms with Crippen LogP contribution in [0.15, 0.2) is 157 Å². The van der Waals surface area contributed by atoms with E-state index in [0.717, 1.165) is 24.3 Å². The maximum atomic E-state index is 6.83. The Balaban J connectivity index is 1.20. The third-order valence-corrected chi connectivity index (χ3v) is 8.03. The molecule has 1 aliphatic rings. The van der Waals surface area contributed by atoms with Crippen LogP contribution in [-0.4, -0.2) is 5.54 Å². The highest BCUT2D eigenvalue weighted by atomic mass is 14.9. The summed E-state index contributed by atoms with van der Waals surface area (Å²) in [5, 5.41) is 7.45. The van der Waals surface area contributed by atoms with Crippen LogP contribution in [-0.2, 0) is 6.54 Å². The van der Waals surface area contributed by atoms with Crippen molar-refractivity contribution in [3.05, 3.63) is 168 Å². The number of para-hydroxylation sites is 1. The van der Waals surface area contributed by atoms with Gasteiger partial charge in [-0.3, -0.25) is 0 Å². The van der Waals surface area contributed by atoms with Gasteiger partial charge in [0.05, 0.1) is 6.04 Å². The summed E-state index contributed by atoms with van der Waals surface area (Å²) >= 11 is 0. The minimum absolute atomic E-state index is 0.00493. The van der Waals surface area contributed by atoms with Crippen molar-refractivity contribution in [3.8, 4) is 22.3 Å². The molecule has 0 spiro atoms. The molecule has 0 saturated heterocycles. The zero-order valence-corrected chi connectivity index (χ0v) is 24.0. The monoisotopic (exact) mass is 547 g/mol. The number of allylic oxidation sites excluding steroid dienone is 2. The normalized spacial score (nSPS) is 17.0. The van der Waals surface area contributed by atoms with Crippen LogP contribution in [0.2, 0.25) is 0 Å². The molecule has 1 aliphatic carbocycles. The molecular weight excluding hydrogens is 510 g/mol. The molecule has 42 heavy (non-hydrogen) atoms. The molecule has 0 saturated carbocycles. The van der Waals surface area contributed by atoms with Crippen LogP contribution in [0.25, 0.3) is 22.3 Å². The maximum Gasteiger partial charge on any atom is 0.0559 e. The fraction of sp³-hybridized carbons (Fsp3) is 0.128. The molecule has 0 aromatic heterocycles. The van der Waals surface area contributed by atoms with Crippen LogP contribution in [0.1, 0.15) is 30.5 Å². The Kier molecular flexibility index (Phi) is 8.14. The van der Waals surface area contributed by atoms with Crippen LogP contribution >= 0.6 is 0 Å². The first-order valence-electron chi connectivity index (χ1n) is 14.6. The fourth-order valence-corrected chi connectivity index (χ4v) is 5.67. The van der Waals surface area contributed by atoms with Crippen molar-refractivity contribution >= 4 is 11.4 Å². The molecule has 0 fully saturated rings. The lowest BCUT2D eigenvalue weighted by Crippen LogP contribution is -2.43. The number of nitrogens with one attached hydrogen (secondary N) is 2. The summed E-state index contributed by atoms with van der Waals surface area (Å²) in [7, 11) is 0. The average molecular weight is 548 g/mol. The summed E-state index contributed by atoms with van der Waals surface area (Å²) in [6, 6.07) is 47.0. The van der Waals surface area contributed by atoms with Gasteiger partial charge in [-0.1, -0.05) is 133 Å². The predicted molar refractivity (Wildman–Crippen MR) is 177 cm³/mol. The third kappa shape index (κ3) is 6.28. The van der Waals surface area contributed by atoms with E-state index in [9.17, 15) is 0 Å². The first-order valence-corrected chi connectivity index (χ1v) is 14.6. The standard InChI is InChI=1S/C39H37N3/c1-39(40)27-11-10-17-36(39)38(33-23-21-31(22-24-33)30-12-4-2-5-13-30)41-28-29-19-25-34(26-20-29)42-37-18-9-8-16-35(37)32-14-6-3-7-15-32/h2-26,38,41-42H,27-28,40H2,1H3.